The third kappa shape index (κ3) is 4.26. The zero-order chi connectivity index (χ0) is 19.4. The van der Waals surface area contributed by atoms with Gasteiger partial charge in [-0.2, -0.15) is 5.10 Å². The van der Waals surface area contributed by atoms with E-state index in [4.69, 9.17) is 4.74 Å². The zero-order valence-electron chi connectivity index (χ0n) is 16.9. The largest absolute Gasteiger partial charge is 0.492 e. The molecule has 1 aromatic carbocycles. The van der Waals surface area contributed by atoms with Crippen LogP contribution in [0.3, 0.4) is 0 Å². The van der Waals surface area contributed by atoms with Crippen molar-refractivity contribution in [2.75, 3.05) is 37.7 Å². The minimum Gasteiger partial charge on any atom is -0.492 e. The molecule has 6 heteroatoms. The number of benzene rings is 1. The molecule has 1 amide bonds. The number of rotatable bonds is 6. The Balaban J connectivity index is 1.55. The Hall–Kier alpha value is -2.50. The summed E-state index contributed by atoms with van der Waals surface area (Å²) in [6.45, 7) is 9.91. The van der Waals surface area contributed by atoms with Gasteiger partial charge in [-0.05, 0) is 44.9 Å². The van der Waals surface area contributed by atoms with Crippen molar-refractivity contribution >= 4 is 11.6 Å². The summed E-state index contributed by atoms with van der Waals surface area (Å²) in [7, 11) is 1.95. The first-order valence-electron chi connectivity index (χ1n) is 9.75. The van der Waals surface area contributed by atoms with Crippen molar-refractivity contribution in [3.05, 3.63) is 41.2 Å². The standard InChI is InChI=1S/C21H30N4O2/c1-5-27-20-9-7-6-8-19(20)24-12-14-25(15-13-24)21(26)11-10-18-16(2)22-23(4)17(18)3/h6-9H,5,10-15H2,1-4H3. The van der Waals surface area contributed by atoms with Gasteiger partial charge in [-0.1, -0.05) is 12.1 Å². The van der Waals surface area contributed by atoms with Crippen molar-refractivity contribution in [2.45, 2.75) is 33.6 Å². The lowest BCUT2D eigenvalue weighted by molar-refractivity contribution is -0.131. The molecule has 0 aliphatic carbocycles. The van der Waals surface area contributed by atoms with E-state index < -0.39 is 0 Å². The van der Waals surface area contributed by atoms with Crippen LogP contribution in [0, 0.1) is 13.8 Å². The molecule has 0 radical (unpaired) electrons. The van der Waals surface area contributed by atoms with Crippen LogP contribution >= 0.6 is 0 Å². The first-order chi connectivity index (χ1) is 13.0. The molecule has 27 heavy (non-hydrogen) atoms. The van der Waals surface area contributed by atoms with E-state index in [1.165, 1.54) is 5.56 Å². The minimum absolute atomic E-state index is 0.232. The Kier molecular flexibility index (Phi) is 6.04. The van der Waals surface area contributed by atoms with Gasteiger partial charge in [0.05, 0.1) is 18.0 Å². The summed E-state index contributed by atoms with van der Waals surface area (Å²) in [5.41, 5.74) is 4.50. The van der Waals surface area contributed by atoms with Crippen LogP contribution in [0.1, 0.15) is 30.3 Å². The van der Waals surface area contributed by atoms with Gasteiger partial charge in [0.25, 0.3) is 0 Å². The Morgan fingerprint density at radius 2 is 1.85 bits per heavy atom. The molecule has 1 aromatic heterocycles. The lowest BCUT2D eigenvalue weighted by Crippen LogP contribution is -2.49. The van der Waals surface area contributed by atoms with E-state index in [9.17, 15) is 4.79 Å². The van der Waals surface area contributed by atoms with E-state index >= 15 is 0 Å². The molecule has 6 nitrogen and oxygen atoms in total. The lowest BCUT2D eigenvalue weighted by Gasteiger charge is -2.36. The molecule has 1 fully saturated rings. The molecule has 0 unspecified atom stereocenters. The van der Waals surface area contributed by atoms with Crippen molar-refractivity contribution < 1.29 is 9.53 Å². The fraction of sp³-hybridized carbons (Fsp3) is 0.524. The molecular formula is C21H30N4O2. The summed E-state index contributed by atoms with van der Waals surface area (Å²) < 4.78 is 7.64. The number of anilines is 1. The van der Waals surface area contributed by atoms with E-state index in [-0.39, 0.29) is 5.91 Å². The third-order valence-corrected chi connectivity index (χ3v) is 5.39. The number of hydrogen-bond donors (Lipinski definition) is 0. The quantitative estimate of drug-likeness (QED) is 0.785. The van der Waals surface area contributed by atoms with E-state index in [0.717, 1.165) is 55.4 Å². The number of aromatic nitrogens is 2. The molecule has 1 aliphatic heterocycles. The highest BCUT2D eigenvalue weighted by molar-refractivity contribution is 5.77. The summed E-state index contributed by atoms with van der Waals surface area (Å²) in [4.78, 5) is 17.0. The van der Waals surface area contributed by atoms with Gasteiger partial charge in [0.15, 0.2) is 0 Å². The number of aryl methyl sites for hydroxylation is 2. The Labute approximate surface area is 161 Å². The number of nitrogens with zero attached hydrogens (tertiary/aromatic N) is 4. The fourth-order valence-corrected chi connectivity index (χ4v) is 3.76. The van der Waals surface area contributed by atoms with Crippen LogP contribution in [-0.2, 0) is 18.3 Å². The number of hydrogen-bond acceptors (Lipinski definition) is 4. The molecule has 0 N–H and O–H groups in total. The predicted molar refractivity (Wildman–Crippen MR) is 107 cm³/mol. The first-order valence-corrected chi connectivity index (χ1v) is 9.75. The second-order valence-corrected chi connectivity index (χ2v) is 7.04. The molecule has 0 atom stereocenters. The highest BCUT2D eigenvalue weighted by atomic mass is 16.5. The molecule has 2 heterocycles. The molecule has 3 rings (SSSR count). The maximum Gasteiger partial charge on any atom is 0.223 e. The maximum absolute atomic E-state index is 12.7. The van der Waals surface area contributed by atoms with Gasteiger partial charge in [-0.25, -0.2) is 0 Å². The van der Waals surface area contributed by atoms with Crippen LogP contribution in [0.5, 0.6) is 5.75 Å². The first kappa shape index (κ1) is 19.3. The molecular weight excluding hydrogens is 340 g/mol. The summed E-state index contributed by atoms with van der Waals surface area (Å²) in [5, 5.41) is 4.44. The molecule has 2 aromatic rings. The number of carbonyl (C=O) groups excluding carboxylic acids is 1. The smallest absolute Gasteiger partial charge is 0.223 e. The van der Waals surface area contributed by atoms with Crippen molar-refractivity contribution in [1.29, 1.82) is 0 Å². The second kappa shape index (κ2) is 8.46. The zero-order valence-corrected chi connectivity index (χ0v) is 16.9. The molecule has 0 spiro atoms. The fourth-order valence-electron chi connectivity index (χ4n) is 3.76. The normalized spacial score (nSPS) is 14.5. The van der Waals surface area contributed by atoms with Crippen LogP contribution in [0.25, 0.3) is 0 Å². The van der Waals surface area contributed by atoms with Crippen molar-refractivity contribution in [2.24, 2.45) is 7.05 Å². The predicted octanol–water partition coefficient (Wildman–Crippen LogP) is 2.72. The Morgan fingerprint density at radius 1 is 1.15 bits per heavy atom. The Morgan fingerprint density at radius 3 is 2.48 bits per heavy atom. The van der Waals surface area contributed by atoms with Gasteiger partial charge in [-0.15, -0.1) is 0 Å². The van der Waals surface area contributed by atoms with Gasteiger partial charge in [0.1, 0.15) is 5.75 Å². The number of piperazine rings is 1. The summed E-state index contributed by atoms with van der Waals surface area (Å²) in [6.07, 6.45) is 1.31. The summed E-state index contributed by atoms with van der Waals surface area (Å²) >= 11 is 0. The van der Waals surface area contributed by atoms with E-state index in [2.05, 4.69) is 23.0 Å². The Bertz CT molecular complexity index is 791. The van der Waals surface area contributed by atoms with E-state index in [1.54, 1.807) is 0 Å². The van der Waals surface area contributed by atoms with Crippen molar-refractivity contribution in [1.82, 2.24) is 14.7 Å². The topological polar surface area (TPSA) is 50.6 Å². The second-order valence-electron chi connectivity index (χ2n) is 7.04. The van der Waals surface area contributed by atoms with Crippen LogP contribution in [0.2, 0.25) is 0 Å². The van der Waals surface area contributed by atoms with Gasteiger partial charge in [-0.3, -0.25) is 9.48 Å². The van der Waals surface area contributed by atoms with Crippen molar-refractivity contribution in [3.63, 3.8) is 0 Å². The highest BCUT2D eigenvalue weighted by Crippen LogP contribution is 2.29. The molecule has 0 bridgehead atoms. The summed E-state index contributed by atoms with van der Waals surface area (Å²) in [6, 6.07) is 8.13. The number of ether oxygens (including phenoxy) is 1. The van der Waals surface area contributed by atoms with Gasteiger partial charge >= 0.3 is 0 Å². The molecule has 1 saturated heterocycles. The summed E-state index contributed by atoms with van der Waals surface area (Å²) in [5.74, 6) is 1.15. The monoisotopic (exact) mass is 370 g/mol. The third-order valence-electron chi connectivity index (χ3n) is 5.39. The number of para-hydroxylation sites is 2. The minimum atomic E-state index is 0.232. The van der Waals surface area contributed by atoms with Crippen LogP contribution in [0.15, 0.2) is 24.3 Å². The number of carbonyl (C=O) groups is 1. The van der Waals surface area contributed by atoms with Crippen LogP contribution < -0.4 is 9.64 Å². The average Bonchev–Trinajstić information content (AvgIpc) is 2.92. The average molecular weight is 370 g/mol. The van der Waals surface area contributed by atoms with Gasteiger partial charge < -0.3 is 14.5 Å². The SMILES string of the molecule is CCOc1ccccc1N1CCN(C(=O)CCc2c(C)nn(C)c2C)CC1. The van der Waals surface area contributed by atoms with Crippen molar-refractivity contribution in [3.8, 4) is 5.75 Å². The van der Waals surface area contributed by atoms with Gasteiger partial charge in [0.2, 0.25) is 5.91 Å². The van der Waals surface area contributed by atoms with Gasteiger partial charge in [0, 0.05) is 45.3 Å². The van der Waals surface area contributed by atoms with Crippen LogP contribution in [-0.4, -0.2) is 53.4 Å². The molecule has 1 aliphatic rings. The maximum atomic E-state index is 12.7. The lowest BCUT2D eigenvalue weighted by atomic mass is 10.1. The highest BCUT2D eigenvalue weighted by Gasteiger charge is 2.23. The molecule has 0 saturated carbocycles. The van der Waals surface area contributed by atoms with E-state index in [0.29, 0.717) is 13.0 Å². The number of amides is 1. The van der Waals surface area contributed by atoms with Crippen LogP contribution in [0.4, 0.5) is 5.69 Å². The molecule has 146 valence electrons. The van der Waals surface area contributed by atoms with E-state index in [1.807, 2.05) is 48.7 Å².